The number of anilines is 1. The number of carboxylic acids is 1. The third-order valence-corrected chi connectivity index (χ3v) is 3.37. The first-order chi connectivity index (χ1) is 10.0. The number of carboxylic acid groups (broad SMARTS) is 1. The molecule has 1 aliphatic carbocycles. The fourth-order valence-corrected chi connectivity index (χ4v) is 2.07. The lowest BCUT2D eigenvalue weighted by molar-refractivity contribution is -0.139. The molecule has 0 bridgehead atoms. The number of hydrogen-bond donors (Lipinski definition) is 3. The highest BCUT2D eigenvalue weighted by Gasteiger charge is 2.48. The Morgan fingerprint density at radius 3 is 2.67 bits per heavy atom. The summed E-state index contributed by atoms with van der Waals surface area (Å²) in [6.07, 6.45) is 1.22. The van der Waals surface area contributed by atoms with Crippen LogP contribution in [-0.4, -0.2) is 29.4 Å². The molecule has 0 saturated heterocycles. The topological polar surface area (TPSA) is 95.5 Å². The highest BCUT2D eigenvalue weighted by atomic mass is 16.4. The second kappa shape index (κ2) is 6.39. The van der Waals surface area contributed by atoms with Crippen LogP contribution in [0, 0.1) is 11.8 Å². The van der Waals surface area contributed by atoms with Crippen LogP contribution in [0.5, 0.6) is 0 Å². The second-order valence-corrected chi connectivity index (χ2v) is 5.11. The third-order valence-electron chi connectivity index (χ3n) is 3.37. The Morgan fingerprint density at radius 1 is 1.29 bits per heavy atom. The number of carbonyl (C=O) groups excluding carboxylic acids is 2. The smallest absolute Gasteiger partial charge is 0.307 e. The van der Waals surface area contributed by atoms with Crippen molar-refractivity contribution in [3.63, 3.8) is 0 Å². The zero-order chi connectivity index (χ0) is 15.4. The number of hydrogen-bond acceptors (Lipinski definition) is 3. The van der Waals surface area contributed by atoms with Crippen LogP contribution in [0.1, 0.15) is 30.1 Å². The van der Waals surface area contributed by atoms with E-state index in [2.05, 4.69) is 10.6 Å². The Hall–Kier alpha value is -2.37. The number of amides is 2. The van der Waals surface area contributed by atoms with Crippen molar-refractivity contribution in [1.29, 1.82) is 0 Å². The van der Waals surface area contributed by atoms with Crippen molar-refractivity contribution in [2.45, 2.75) is 19.8 Å². The minimum atomic E-state index is -0.942. The summed E-state index contributed by atoms with van der Waals surface area (Å²) in [4.78, 5) is 34.4. The molecule has 1 aromatic carbocycles. The summed E-state index contributed by atoms with van der Waals surface area (Å²) in [6, 6.07) is 6.60. The predicted molar refractivity (Wildman–Crippen MR) is 76.9 cm³/mol. The van der Waals surface area contributed by atoms with Crippen LogP contribution in [0.15, 0.2) is 24.3 Å². The van der Waals surface area contributed by atoms with Crippen LogP contribution in [0.3, 0.4) is 0 Å². The first kappa shape index (κ1) is 15.0. The summed E-state index contributed by atoms with van der Waals surface area (Å²) in [5.41, 5.74) is 0.965. The lowest BCUT2D eigenvalue weighted by Crippen LogP contribution is -2.24. The molecular formula is C15H18N2O4. The molecule has 1 aromatic rings. The number of nitrogens with one attached hydrogen (secondary N) is 2. The van der Waals surface area contributed by atoms with Gasteiger partial charge in [0, 0.05) is 17.8 Å². The molecule has 0 radical (unpaired) electrons. The van der Waals surface area contributed by atoms with E-state index in [-0.39, 0.29) is 11.8 Å². The lowest BCUT2D eigenvalue weighted by Gasteiger charge is -2.07. The van der Waals surface area contributed by atoms with Gasteiger partial charge >= 0.3 is 5.97 Å². The summed E-state index contributed by atoms with van der Waals surface area (Å²) < 4.78 is 0. The first-order valence-corrected chi connectivity index (χ1v) is 6.95. The normalized spacial score (nSPS) is 19.7. The van der Waals surface area contributed by atoms with E-state index in [0.29, 0.717) is 24.2 Å². The van der Waals surface area contributed by atoms with Crippen LogP contribution in [0.4, 0.5) is 5.69 Å². The van der Waals surface area contributed by atoms with E-state index in [9.17, 15) is 14.4 Å². The van der Waals surface area contributed by atoms with Crippen molar-refractivity contribution in [2.24, 2.45) is 11.8 Å². The van der Waals surface area contributed by atoms with Crippen LogP contribution < -0.4 is 10.6 Å². The van der Waals surface area contributed by atoms with Crippen molar-refractivity contribution in [3.05, 3.63) is 29.8 Å². The average Bonchev–Trinajstić information content (AvgIpc) is 3.25. The maximum Gasteiger partial charge on any atom is 0.307 e. The Morgan fingerprint density at radius 2 is 2.05 bits per heavy atom. The molecule has 2 unspecified atom stereocenters. The Balaban J connectivity index is 1.97. The molecule has 0 heterocycles. The molecule has 0 aliphatic heterocycles. The fraction of sp³-hybridized carbons (Fsp3) is 0.400. The van der Waals surface area contributed by atoms with Gasteiger partial charge in [0.05, 0.1) is 11.8 Å². The summed E-state index contributed by atoms with van der Waals surface area (Å²) in [7, 11) is 0. The van der Waals surface area contributed by atoms with Crippen molar-refractivity contribution in [2.75, 3.05) is 11.9 Å². The fourth-order valence-electron chi connectivity index (χ4n) is 2.07. The largest absolute Gasteiger partial charge is 0.481 e. The maximum absolute atomic E-state index is 11.9. The molecule has 0 aromatic heterocycles. The van der Waals surface area contributed by atoms with Crippen LogP contribution >= 0.6 is 0 Å². The maximum atomic E-state index is 11.9. The van der Waals surface area contributed by atoms with Gasteiger partial charge in [-0.05, 0) is 31.0 Å². The molecule has 112 valence electrons. The van der Waals surface area contributed by atoms with Gasteiger partial charge in [-0.15, -0.1) is 0 Å². The first-order valence-electron chi connectivity index (χ1n) is 6.95. The molecule has 2 amide bonds. The molecule has 2 rings (SSSR count). The van der Waals surface area contributed by atoms with E-state index < -0.39 is 17.8 Å². The predicted octanol–water partition coefficient (Wildman–Crippen LogP) is 1.49. The highest BCUT2D eigenvalue weighted by Crippen LogP contribution is 2.39. The zero-order valence-corrected chi connectivity index (χ0v) is 11.8. The molecule has 1 saturated carbocycles. The number of carbonyl (C=O) groups is 3. The third kappa shape index (κ3) is 3.81. The van der Waals surface area contributed by atoms with Gasteiger partial charge in [-0.25, -0.2) is 0 Å². The van der Waals surface area contributed by atoms with Crippen LogP contribution in [0.2, 0.25) is 0 Å². The van der Waals surface area contributed by atoms with Gasteiger partial charge in [-0.1, -0.05) is 13.0 Å². The Kier molecular flexibility index (Phi) is 4.57. The summed E-state index contributed by atoms with van der Waals surface area (Å²) in [5, 5.41) is 14.2. The van der Waals surface area contributed by atoms with E-state index in [4.69, 9.17) is 5.11 Å². The molecule has 1 aliphatic rings. The van der Waals surface area contributed by atoms with Crippen LogP contribution in [-0.2, 0) is 9.59 Å². The molecule has 21 heavy (non-hydrogen) atoms. The van der Waals surface area contributed by atoms with Gasteiger partial charge in [0.25, 0.3) is 5.91 Å². The second-order valence-electron chi connectivity index (χ2n) is 5.11. The molecule has 0 spiro atoms. The standard InChI is InChI=1S/C15H18N2O4/c1-2-6-16-13(18)9-4-3-5-10(7-9)17-14(19)11-8-12(11)15(20)21/h3-5,7,11-12H,2,6,8H2,1H3,(H,16,18)(H,17,19)(H,20,21). The molecule has 6 nitrogen and oxygen atoms in total. The van der Waals surface area contributed by atoms with Gasteiger partial charge in [-0.3, -0.25) is 14.4 Å². The van der Waals surface area contributed by atoms with Gasteiger partial charge in [0.15, 0.2) is 0 Å². The Bertz CT molecular complexity index is 571. The van der Waals surface area contributed by atoms with Crippen LogP contribution in [0.25, 0.3) is 0 Å². The van der Waals surface area contributed by atoms with E-state index in [0.717, 1.165) is 6.42 Å². The van der Waals surface area contributed by atoms with Gasteiger partial charge in [-0.2, -0.15) is 0 Å². The van der Waals surface area contributed by atoms with Gasteiger partial charge in [0.1, 0.15) is 0 Å². The SMILES string of the molecule is CCCNC(=O)c1cccc(NC(=O)C2CC2C(=O)O)c1. The number of aliphatic carboxylic acids is 1. The molecule has 1 fully saturated rings. The summed E-state index contributed by atoms with van der Waals surface area (Å²) >= 11 is 0. The Labute approximate surface area is 122 Å². The summed E-state index contributed by atoms with van der Waals surface area (Å²) in [6.45, 7) is 2.56. The average molecular weight is 290 g/mol. The minimum Gasteiger partial charge on any atom is -0.481 e. The van der Waals surface area contributed by atoms with Gasteiger partial charge in [0.2, 0.25) is 5.91 Å². The molecule has 2 atom stereocenters. The van der Waals surface area contributed by atoms with Gasteiger partial charge < -0.3 is 15.7 Å². The number of rotatable bonds is 6. The minimum absolute atomic E-state index is 0.192. The number of benzene rings is 1. The van der Waals surface area contributed by atoms with Crippen molar-refractivity contribution in [1.82, 2.24) is 5.32 Å². The quantitative estimate of drug-likeness (QED) is 0.739. The van der Waals surface area contributed by atoms with Crippen molar-refractivity contribution in [3.8, 4) is 0 Å². The van der Waals surface area contributed by atoms with E-state index >= 15 is 0 Å². The summed E-state index contributed by atoms with van der Waals surface area (Å²) in [5.74, 6) is -2.50. The highest BCUT2D eigenvalue weighted by molar-refractivity contribution is 6.00. The molecule has 3 N–H and O–H groups in total. The van der Waals surface area contributed by atoms with E-state index in [1.54, 1.807) is 24.3 Å². The zero-order valence-electron chi connectivity index (χ0n) is 11.8. The lowest BCUT2D eigenvalue weighted by atomic mass is 10.1. The molecule has 6 heteroatoms. The monoisotopic (exact) mass is 290 g/mol. The van der Waals surface area contributed by atoms with Crippen molar-refractivity contribution < 1.29 is 19.5 Å². The van der Waals surface area contributed by atoms with E-state index in [1.807, 2.05) is 6.92 Å². The van der Waals surface area contributed by atoms with Crippen molar-refractivity contribution >= 4 is 23.5 Å². The molecular weight excluding hydrogens is 272 g/mol. The van der Waals surface area contributed by atoms with E-state index in [1.165, 1.54) is 0 Å².